The molecule has 0 bridgehead atoms. The molecule has 114 valence electrons. The van der Waals surface area contributed by atoms with Crippen molar-refractivity contribution in [2.45, 2.75) is 6.92 Å². The summed E-state index contributed by atoms with van der Waals surface area (Å²) >= 11 is 0. The highest BCUT2D eigenvalue weighted by atomic mass is 16.5. The highest BCUT2D eigenvalue weighted by Gasteiger charge is 2.09. The van der Waals surface area contributed by atoms with E-state index in [9.17, 15) is 4.79 Å². The Labute approximate surface area is 129 Å². The Bertz CT molecular complexity index is 686. The van der Waals surface area contributed by atoms with Crippen LogP contribution in [0.3, 0.4) is 0 Å². The zero-order chi connectivity index (χ0) is 15.9. The van der Waals surface area contributed by atoms with E-state index in [2.05, 4.69) is 27.2 Å². The maximum absolute atomic E-state index is 11.9. The van der Waals surface area contributed by atoms with Crippen molar-refractivity contribution < 1.29 is 9.53 Å². The number of ether oxygens (including phenoxy) is 1. The standard InChI is InChI=1S/C16H18N4O2/c1-4-7-17-16(21)13-9-15(19-10-18-13)20-12-8-11(2)5-6-14(12)22-3/h4-6,8-10H,1,7H2,2-3H3,(H,17,21)(H,18,19,20). The number of methoxy groups -OCH3 is 1. The van der Waals surface area contributed by atoms with Crippen molar-refractivity contribution in [2.24, 2.45) is 0 Å². The Morgan fingerprint density at radius 1 is 1.36 bits per heavy atom. The third-order valence-electron chi connectivity index (χ3n) is 2.92. The molecule has 0 saturated heterocycles. The number of nitrogens with zero attached hydrogens (tertiary/aromatic N) is 2. The molecule has 0 radical (unpaired) electrons. The number of hydrogen-bond acceptors (Lipinski definition) is 5. The maximum atomic E-state index is 11.9. The van der Waals surface area contributed by atoms with Crippen molar-refractivity contribution >= 4 is 17.4 Å². The lowest BCUT2D eigenvalue weighted by Gasteiger charge is -2.11. The predicted molar refractivity (Wildman–Crippen MR) is 85.6 cm³/mol. The van der Waals surface area contributed by atoms with Gasteiger partial charge in [-0.2, -0.15) is 0 Å². The average molecular weight is 298 g/mol. The Hall–Kier alpha value is -2.89. The molecule has 1 heterocycles. The fraction of sp³-hybridized carbons (Fsp3) is 0.188. The van der Waals surface area contributed by atoms with Crippen LogP contribution in [0.25, 0.3) is 0 Å². The van der Waals surface area contributed by atoms with Crippen LogP contribution in [0.15, 0.2) is 43.2 Å². The summed E-state index contributed by atoms with van der Waals surface area (Å²) in [6.45, 7) is 5.92. The van der Waals surface area contributed by atoms with Crippen molar-refractivity contribution in [3.8, 4) is 5.75 Å². The zero-order valence-electron chi connectivity index (χ0n) is 12.6. The SMILES string of the molecule is C=CCNC(=O)c1cc(Nc2cc(C)ccc2OC)ncn1. The van der Waals surface area contributed by atoms with Crippen LogP contribution < -0.4 is 15.4 Å². The minimum Gasteiger partial charge on any atom is -0.495 e. The Balaban J connectivity index is 2.22. The number of benzene rings is 1. The molecule has 1 amide bonds. The molecule has 0 spiro atoms. The van der Waals surface area contributed by atoms with Crippen LogP contribution in [0, 0.1) is 6.92 Å². The molecule has 6 nitrogen and oxygen atoms in total. The molecule has 1 aromatic heterocycles. The van der Waals surface area contributed by atoms with Gasteiger partial charge in [-0.15, -0.1) is 6.58 Å². The first-order valence-corrected chi connectivity index (χ1v) is 6.77. The molecule has 2 rings (SSSR count). The van der Waals surface area contributed by atoms with E-state index in [1.807, 2.05) is 25.1 Å². The molecular formula is C16H18N4O2. The molecule has 2 aromatic rings. The number of nitrogens with one attached hydrogen (secondary N) is 2. The molecule has 0 unspecified atom stereocenters. The van der Waals surface area contributed by atoms with Crippen molar-refractivity contribution in [2.75, 3.05) is 19.0 Å². The molecule has 0 atom stereocenters. The first-order valence-electron chi connectivity index (χ1n) is 6.77. The van der Waals surface area contributed by atoms with Crippen LogP contribution in [-0.4, -0.2) is 29.5 Å². The summed E-state index contributed by atoms with van der Waals surface area (Å²) in [5, 5.41) is 5.81. The van der Waals surface area contributed by atoms with E-state index >= 15 is 0 Å². The third-order valence-corrected chi connectivity index (χ3v) is 2.92. The van der Waals surface area contributed by atoms with Gasteiger partial charge in [0.15, 0.2) is 0 Å². The first kappa shape index (κ1) is 15.5. The van der Waals surface area contributed by atoms with Gasteiger partial charge in [0.25, 0.3) is 5.91 Å². The molecule has 2 N–H and O–H groups in total. The Morgan fingerprint density at radius 3 is 2.91 bits per heavy atom. The number of anilines is 2. The Kier molecular flexibility index (Phi) is 5.08. The van der Waals surface area contributed by atoms with E-state index in [1.165, 1.54) is 6.33 Å². The lowest BCUT2D eigenvalue weighted by atomic mass is 10.2. The van der Waals surface area contributed by atoms with Gasteiger partial charge in [0, 0.05) is 12.6 Å². The molecule has 22 heavy (non-hydrogen) atoms. The second kappa shape index (κ2) is 7.21. The van der Waals surface area contributed by atoms with Gasteiger partial charge in [-0.1, -0.05) is 12.1 Å². The molecule has 0 aliphatic heterocycles. The molecule has 0 aliphatic carbocycles. The van der Waals surface area contributed by atoms with Crippen LogP contribution >= 0.6 is 0 Å². The van der Waals surface area contributed by atoms with E-state index in [-0.39, 0.29) is 11.6 Å². The van der Waals surface area contributed by atoms with Gasteiger partial charge in [0.05, 0.1) is 12.8 Å². The molecular weight excluding hydrogens is 280 g/mol. The van der Waals surface area contributed by atoms with E-state index < -0.39 is 0 Å². The number of rotatable bonds is 6. The van der Waals surface area contributed by atoms with Crippen molar-refractivity contribution in [1.29, 1.82) is 0 Å². The number of carbonyl (C=O) groups is 1. The second-order valence-electron chi connectivity index (χ2n) is 4.62. The monoisotopic (exact) mass is 298 g/mol. The van der Waals surface area contributed by atoms with Crippen molar-refractivity contribution in [1.82, 2.24) is 15.3 Å². The normalized spacial score (nSPS) is 9.91. The predicted octanol–water partition coefficient (Wildman–Crippen LogP) is 2.45. The number of aromatic nitrogens is 2. The van der Waals surface area contributed by atoms with E-state index in [4.69, 9.17) is 4.74 Å². The van der Waals surface area contributed by atoms with Crippen LogP contribution in [0.5, 0.6) is 5.75 Å². The maximum Gasteiger partial charge on any atom is 0.270 e. The lowest BCUT2D eigenvalue weighted by molar-refractivity contribution is 0.0953. The minimum atomic E-state index is -0.276. The van der Waals surface area contributed by atoms with Crippen LogP contribution in [-0.2, 0) is 0 Å². The zero-order valence-corrected chi connectivity index (χ0v) is 12.6. The molecule has 6 heteroatoms. The number of hydrogen-bond donors (Lipinski definition) is 2. The van der Waals surface area contributed by atoms with Gasteiger partial charge < -0.3 is 15.4 Å². The number of carbonyl (C=O) groups excluding carboxylic acids is 1. The number of amides is 1. The summed E-state index contributed by atoms with van der Waals surface area (Å²) in [5.74, 6) is 0.936. The highest BCUT2D eigenvalue weighted by Crippen LogP contribution is 2.27. The molecule has 0 fully saturated rings. The van der Waals surface area contributed by atoms with E-state index in [1.54, 1.807) is 19.3 Å². The Morgan fingerprint density at radius 2 is 2.18 bits per heavy atom. The van der Waals surface area contributed by atoms with Crippen LogP contribution in [0.2, 0.25) is 0 Å². The molecule has 0 saturated carbocycles. The third kappa shape index (κ3) is 3.82. The van der Waals surface area contributed by atoms with Gasteiger partial charge in [0.2, 0.25) is 0 Å². The summed E-state index contributed by atoms with van der Waals surface area (Å²) in [4.78, 5) is 20.0. The largest absolute Gasteiger partial charge is 0.495 e. The topological polar surface area (TPSA) is 76.1 Å². The first-order chi connectivity index (χ1) is 10.6. The van der Waals surface area contributed by atoms with Crippen molar-refractivity contribution in [3.63, 3.8) is 0 Å². The smallest absolute Gasteiger partial charge is 0.270 e. The van der Waals surface area contributed by atoms with Crippen molar-refractivity contribution in [3.05, 3.63) is 54.5 Å². The fourth-order valence-electron chi connectivity index (χ4n) is 1.86. The van der Waals surface area contributed by atoms with Gasteiger partial charge in [-0.3, -0.25) is 4.79 Å². The number of aryl methyl sites for hydroxylation is 1. The highest BCUT2D eigenvalue weighted by molar-refractivity contribution is 5.93. The second-order valence-corrected chi connectivity index (χ2v) is 4.62. The van der Waals surface area contributed by atoms with Gasteiger partial charge in [-0.05, 0) is 24.6 Å². The summed E-state index contributed by atoms with van der Waals surface area (Å²) in [7, 11) is 1.60. The van der Waals surface area contributed by atoms with E-state index in [0.29, 0.717) is 18.1 Å². The average Bonchev–Trinajstić information content (AvgIpc) is 2.53. The summed E-state index contributed by atoms with van der Waals surface area (Å²) in [6.07, 6.45) is 2.95. The lowest BCUT2D eigenvalue weighted by Crippen LogP contribution is -2.24. The summed E-state index contributed by atoms with van der Waals surface area (Å²) in [5.41, 5.74) is 2.14. The summed E-state index contributed by atoms with van der Waals surface area (Å²) in [6, 6.07) is 7.35. The molecule has 1 aromatic carbocycles. The minimum absolute atomic E-state index is 0.276. The van der Waals surface area contributed by atoms with Crippen LogP contribution in [0.4, 0.5) is 11.5 Å². The molecule has 0 aliphatic rings. The fourth-order valence-corrected chi connectivity index (χ4v) is 1.86. The van der Waals surface area contributed by atoms with Gasteiger partial charge in [-0.25, -0.2) is 9.97 Å². The van der Waals surface area contributed by atoms with Gasteiger partial charge in [0.1, 0.15) is 23.6 Å². The van der Waals surface area contributed by atoms with Crippen LogP contribution in [0.1, 0.15) is 16.1 Å². The quantitative estimate of drug-likeness (QED) is 0.801. The van der Waals surface area contributed by atoms with E-state index in [0.717, 1.165) is 11.3 Å². The summed E-state index contributed by atoms with van der Waals surface area (Å²) < 4.78 is 5.31. The van der Waals surface area contributed by atoms with Gasteiger partial charge >= 0.3 is 0 Å².